The Hall–Kier alpha value is -2.91. The first-order valence-electron chi connectivity index (χ1n) is 9.29. The standard InChI is InChI=1S/C20H25N5O3S/c1-4-11-25-18-10-9-16(29(27,28)24(2)3)12-17(18)23-19(25)13-22-15-7-5-14(6-8-15)20(21)26/h5-10,12,22H,4,11,13H2,1-3H3,(H2,21,26). The summed E-state index contributed by atoms with van der Waals surface area (Å²) < 4.78 is 28.1. The third-order valence-electron chi connectivity index (χ3n) is 4.64. The van der Waals surface area contributed by atoms with Crippen LogP contribution in [0.25, 0.3) is 11.0 Å². The Balaban J connectivity index is 1.92. The van der Waals surface area contributed by atoms with Crippen LogP contribution in [0.4, 0.5) is 5.69 Å². The lowest BCUT2D eigenvalue weighted by Gasteiger charge is -2.11. The molecule has 0 atom stereocenters. The second-order valence-corrected chi connectivity index (χ2v) is 9.06. The molecular weight excluding hydrogens is 390 g/mol. The minimum absolute atomic E-state index is 0.220. The molecule has 0 saturated heterocycles. The number of nitrogens with one attached hydrogen (secondary N) is 1. The number of benzene rings is 2. The molecule has 0 spiro atoms. The van der Waals surface area contributed by atoms with E-state index in [4.69, 9.17) is 5.73 Å². The minimum Gasteiger partial charge on any atom is -0.378 e. The molecule has 3 rings (SSSR count). The van der Waals surface area contributed by atoms with Crippen LogP contribution in [0.1, 0.15) is 29.5 Å². The van der Waals surface area contributed by atoms with Crippen molar-refractivity contribution in [3.8, 4) is 0 Å². The van der Waals surface area contributed by atoms with Crippen molar-refractivity contribution in [3.05, 3.63) is 53.9 Å². The zero-order valence-electron chi connectivity index (χ0n) is 16.7. The fourth-order valence-corrected chi connectivity index (χ4v) is 3.99. The second kappa shape index (κ2) is 8.22. The van der Waals surface area contributed by atoms with Gasteiger partial charge in [0.1, 0.15) is 5.82 Å². The first kappa shape index (κ1) is 20.8. The van der Waals surface area contributed by atoms with E-state index in [1.54, 1.807) is 42.5 Å². The van der Waals surface area contributed by atoms with E-state index >= 15 is 0 Å². The number of fused-ring (bicyclic) bond motifs is 1. The number of carbonyl (C=O) groups excluding carboxylic acids is 1. The maximum Gasteiger partial charge on any atom is 0.248 e. The lowest BCUT2D eigenvalue weighted by atomic mass is 10.2. The van der Waals surface area contributed by atoms with E-state index in [0.717, 1.165) is 30.0 Å². The van der Waals surface area contributed by atoms with E-state index in [0.29, 0.717) is 17.6 Å². The van der Waals surface area contributed by atoms with Gasteiger partial charge in [0.2, 0.25) is 15.9 Å². The van der Waals surface area contributed by atoms with Gasteiger partial charge in [-0.1, -0.05) is 6.92 Å². The molecule has 0 aliphatic rings. The number of nitrogens with zero attached hydrogens (tertiary/aromatic N) is 3. The lowest BCUT2D eigenvalue weighted by molar-refractivity contribution is 0.100. The van der Waals surface area contributed by atoms with Gasteiger partial charge in [0.05, 0.1) is 22.5 Å². The molecular formula is C20H25N5O3S. The van der Waals surface area contributed by atoms with Crippen molar-refractivity contribution >= 4 is 32.7 Å². The molecule has 0 unspecified atom stereocenters. The highest BCUT2D eigenvalue weighted by Gasteiger charge is 2.19. The average Bonchev–Trinajstić information content (AvgIpc) is 3.03. The van der Waals surface area contributed by atoms with Gasteiger partial charge in [-0.2, -0.15) is 0 Å². The van der Waals surface area contributed by atoms with Crippen LogP contribution < -0.4 is 11.1 Å². The summed E-state index contributed by atoms with van der Waals surface area (Å²) in [6.45, 7) is 3.31. The molecule has 9 heteroatoms. The van der Waals surface area contributed by atoms with Crippen molar-refractivity contribution in [2.45, 2.75) is 31.3 Å². The largest absolute Gasteiger partial charge is 0.378 e. The molecule has 1 heterocycles. The summed E-state index contributed by atoms with van der Waals surface area (Å²) in [7, 11) is -0.504. The van der Waals surface area contributed by atoms with Gasteiger partial charge in [-0.15, -0.1) is 0 Å². The molecule has 0 bridgehead atoms. The van der Waals surface area contributed by atoms with Gasteiger partial charge in [-0.05, 0) is 48.9 Å². The molecule has 29 heavy (non-hydrogen) atoms. The number of anilines is 1. The molecule has 1 aromatic heterocycles. The van der Waals surface area contributed by atoms with Crippen molar-refractivity contribution in [2.24, 2.45) is 5.73 Å². The Labute approximate surface area is 170 Å². The highest BCUT2D eigenvalue weighted by molar-refractivity contribution is 7.89. The Bertz CT molecular complexity index is 1130. The second-order valence-electron chi connectivity index (χ2n) is 6.91. The smallest absolute Gasteiger partial charge is 0.248 e. The molecule has 0 aliphatic carbocycles. The third kappa shape index (κ3) is 4.25. The number of imidazole rings is 1. The molecule has 0 aliphatic heterocycles. The number of hydrogen-bond donors (Lipinski definition) is 2. The molecule has 3 N–H and O–H groups in total. The van der Waals surface area contributed by atoms with Crippen LogP contribution in [0, 0.1) is 0 Å². The predicted octanol–water partition coefficient (Wildman–Crippen LogP) is 2.41. The van der Waals surface area contributed by atoms with Crippen LogP contribution in [-0.4, -0.2) is 42.3 Å². The first-order chi connectivity index (χ1) is 13.7. The van der Waals surface area contributed by atoms with Gasteiger partial charge in [0.15, 0.2) is 0 Å². The van der Waals surface area contributed by atoms with E-state index in [9.17, 15) is 13.2 Å². The van der Waals surface area contributed by atoms with Gasteiger partial charge >= 0.3 is 0 Å². The molecule has 0 fully saturated rings. The Morgan fingerprint density at radius 2 is 1.86 bits per heavy atom. The molecule has 0 radical (unpaired) electrons. The first-order valence-corrected chi connectivity index (χ1v) is 10.7. The van der Waals surface area contributed by atoms with E-state index in [1.807, 2.05) is 0 Å². The normalized spacial score (nSPS) is 11.9. The Morgan fingerprint density at radius 3 is 2.45 bits per heavy atom. The molecule has 0 saturated carbocycles. The molecule has 3 aromatic rings. The highest BCUT2D eigenvalue weighted by atomic mass is 32.2. The van der Waals surface area contributed by atoms with Gasteiger partial charge < -0.3 is 15.6 Å². The predicted molar refractivity (Wildman–Crippen MR) is 113 cm³/mol. The number of hydrogen-bond acceptors (Lipinski definition) is 5. The lowest BCUT2D eigenvalue weighted by Crippen LogP contribution is -2.22. The van der Waals surface area contributed by atoms with Gasteiger partial charge in [0.25, 0.3) is 0 Å². The van der Waals surface area contributed by atoms with E-state index in [1.165, 1.54) is 18.4 Å². The zero-order chi connectivity index (χ0) is 21.2. The minimum atomic E-state index is -3.52. The van der Waals surface area contributed by atoms with E-state index < -0.39 is 15.9 Å². The Morgan fingerprint density at radius 1 is 1.17 bits per heavy atom. The highest BCUT2D eigenvalue weighted by Crippen LogP contribution is 2.23. The third-order valence-corrected chi connectivity index (χ3v) is 6.46. The maximum absolute atomic E-state index is 12.4. The number of nitrogens with two attached hydrogens (primary N) is 1. The number of primary amides is 1. The summed E-state index contributed by atoms with van der Waals surface area (Å²) in [4.78, 5) is 16.1. The molecule has 154 valence electrons. The van der Waals surface area contributed by atoms with Crippen LogP contribution in [0.5, 0.6) is 0 Å². The summed E-state index contributed by atoms with van der Waals surface area (Å²) >= 11 is 0. The Kier molecular flexibility index (Phi) is 5.90. The summed E-state index contributed by atoms with van der Waals surface area (Å²) in [5.74, 6) is 0.338. The van der Waals surface area contributed by atoms with Gasteiger partial charge in [-0.25, -0.2) is 17.7 Å². The number of carbonyl (C=O) groups is 1. The van der Waals surface area contributed by atoms with Crippen LogP contribution >= 0.6 is 0 Å². The van der Waals surface area contributed by atoms with Crippen molar-refractivity contribution in [1.82, 2.24) is 13.9 Å². The van der Waals surface area contributed by atoms with Crippen LogP contribution in [0.3, 0.4) is 0 Å². The quantitative estimate of drug-likeness (QED) is 0.587. The SMILES string of the molecule is CCCn1c(CNc2ccc(C(N)=O)cc2)nc2cc(S(=O)(=O)N(C)C)ccc21. The summed E-state index contributed by atoms with van der Waals surface area (Å²) in [6.07, 6.45) is 0.920. The number of amides is 1. The molecule has 8 nitrogen and oxygen atoms in total. The van der Waals surface area contributed by atoms with E-state index in [2.05, 4.69) is 21.8 Å². The van der Waals surface area contributed by atoms with Crippen LogP contribution in [0.15, 0.2) is 47.4 Å². The van der Waals surface area contributed by atoms with E-state index in [-0.39, 0.29) is 4.90 Å². The topological polar surface area (TPSA) is 110 Å². The van der Waals surface area contributed by atoms with Gasteiger partial charge in [0, 0.05) is 31.9 Å². The van der Waals surface area contributed by atoms with Crippen LogP contribution in [0.2, 0.25) is 0 Å². The molecule has 1 amide bonds. The fourth-order valence-electron chi connectivity index (χ4n) is 3.07. The van der Waals surface area contributed by atoms with Gasteiger partial charge in [-0.3, -0.25) is 4.79 Å². The summed E-state index contributed by atoms with van der Waals surface area (Å²) in [5.41, 5.74) is 8.08. The van der Waals surface area contributed by atoms with Crippen molar-refractivity contribution < 1.29 is 13.2 Å². The molecule has 2 aromatic carbocycles. The van der Waals surface area contributed by atoms with Crippen molar-refractivity contribution in [1.29, 1.82) is 0 Å². The number of aromatic nitrogens is 2. The summed E-state index contributed by atoms with van der Waals surface area (Å²) in [6, 6.07) is 11.9. The number of aryl methyl sites for hydroxylation is 1. The average molecular weight is 416 g/mol. The maximum atomic E-state index is 12.4. The number of sulfonamides is 1. The number of rotatable bonds is 8. The summed E-state index contributed by atoms with van der Waals surface area (Å²) in [5, 5.41) is 3.29. The zero-order valence-corrected chi connectivity index (χ0v) is 17.5. The van der Waals surface area contributed by atoms with Crippen LogP contribution in [-0.2, 0) is 23.1 Å². The monoisotopic (exact) mass is 415 g/mol. The van der Waals surface area contributed by atoms with Crippen molar-refractivity contribution in [2.75, 3.05) is 19.4 Å². The van der Waals surface area contributed by atoms with Crippen molar-refractivity contribution in [3.63, 3.8) is 0 Å². The fraction of sp³-hybridized carbons (Fsp3) is 0.300.